The van der Waals surface area contributed by atoms with Gasteiger partial charge in [-0.05, 0) is 18.2 Å². The number of benzene rings is 1. The van der Waals surface area contributed by atoms with Gasteiger partial charge < -0.3 is 5.73 Å². The molecule has 0 saturated carbocycles. The zero-order valence-electron chi connectivity index (χ0n) is 10.2. The first-order valence-corrected chi connectivity index (χ1v) is 7.02. The van der Waals surface area contributed by atoms with Crippen molar-refractivity contribution in [2.24, 2.45) is 0 Å². The molecule has 8 heteroatoms. The van der Waals surface area contributed by atoms with E-state index in [-0.39, 0.29) is 22.8 Å². The van der Waals surface area contributed by atoms with Crippen molar-refractivity contribution in [3.8, 4) is 0 Å². The second-order valence-electron chi connectivity index (χ2n) is 3.95. The lowest BCUT2D eigenvalue weighted by Gasteiger charge is -2.08. The summed E-state index contributed by atoms with van der Waals surface area (Å²) in [7, 11) is -3.91. The Morgan fingerprint density at radius 1 is 1.25 bits per heavy atom. The molecule has 1 aromatic heterocycles. The lowest BCUT2D eigenvalue weighted by atomic mass is 10.2. The summed E-state index contributed by atoms with van der Waals surface area (Å²) in [6, 6.07) is 5.60. The predicted molar refractivity (Wildman–Crippen MR) is 69.0 cm³/mol. The molecule has 0 saturated heterocycles. The van der Waals surface area contributed by atoms with Crippen molar-refractivity contribution in [1.29, 1.82) is 0 Å². The van der Waals surface area contributed by atoms with Gasteiger partial charge in [-0.3, -0.25) is 0 Å². The molecule has 1 aromatic carbocycles. The Morgan fingerprint density at radius 3 is 2.65 bits per heavy atom. The maximum absolute atomic E-state index is 13.4. The smallest absolute Gasteiger partial charge is 0.244 e. The van der Waals surface area contributed by atoms with Crippen LogP contribution in [0.3, 0.4) is 0 Å². The fourth-order valence-electron chi connectivity index (χ4n) is 1.55. The number of nitrogen functional groups attached to an aromatic ring is 1. The Balaban J connectivity index is 2.20. The fraction of sp³-hybridized carbons (Fsp3) is 0.0833. The molecule has 2 rings (SSSR count). The molecule has 0 unspecified atom stereocenters. The highest BCUT2D eigenvalue weighted by Crippen LogP contribution is 2.15. The van der Waals surface area contributed by atoms with E-state index in [1.165, 1.54) is 24.4 Å². The molecular formula is C12H11F2N3O2S. The molecule has 2 aromatic rings. The van der Waals surface area contributed by atoms with Crippen molar-refractivity contribution in [1.82, 2.24) is 9.71 Å². The molecule has 0 radical (unpaired) electrons. The summed E-state index contributed by atoms with van der Waals surface area (Å²) in [5.41, 5.74) is 5.50. The molecule has 0 aliphatic heterocycles. The number of hydrogen-bond donors (Lipinski definition) is 2. The van der Waals surface area contributed by atoms with Crippen LogP contribution < -0.4 is 10.5 Å². The molecule has 0 spiro atoms. The minimum Gasteiger partial charge on any atom is -0.383 e. The van der Waals surface area contributed by atoms with Gasteiger partial charge in [0.1, 0.15) is 22.3 Å². The van der Waals surface area contributed by atoms with E-state index >= 15 is 0 Å². The van der Waals surface area contributed by atoms with Crippen LogP contribution in [0, 0.1) is 11.6 Å². The zero-order chi connectivity index (χ0) is 14.8. The van der Waals surface area contributed by atoms with E-state index in [4.69, 9.17) is 5.73 Å². The number of hydrogen-bond acceptors (Lipinski definition) is 4. The molecule has 0 aliphatic rings. The Kier molecular flexibility index (Phi) is 3.96. The number of pyridine rings is 1. The van der Waals surface area contributed by atoms with Gasteiger partial charge in [0.15, 0.2) is 0 Å². The average Bonchev–Trinajstić information content (AvgIpc) is 2.38. The molecule has 20 heavy (non-hydrogen) atoms. The van der Waals surface area contributed by atoms with Gasteiger partial charge in [-0.1, -0.05) is 6.07 Å². The second-order valence-corrected chi connectivity index (χ2v) is 5.68. The summed E-state index contributed by atoms with van der Waals surface area (Å²) in [5.74, 6) is -1.71. The van der Waals surface area contributed by atoms with Crippen molar-refractivity contribution in [3.63, 3.8) is 0 Å². The van der Waals surface area contributed by atoms with Crippen LogP contribution in [0.4, 0.5) is 14.6 Å². The third-order valence-electron chi connectivity index (χ3n) is 2.56. The van der Waals surface area contributed by atoms with Gasteiger partial charge in [-0.2, -0.15) is 0 Å². The second kappa shape index (κ2) is 5.51. The van der Waals surface area contributed by atoms with E-state index in [1.54, 1.807) is 0 Å². The Hall–Kier alpha value is -2.06. The monoisotopic (exact) mass is 299 g/mol. The number of nitrogens with zero attached hydrogens (tertiary/aromatic N) is 1. The molecule has 0 amide bonds. The van der Waals surface area contributed by atoms with Crippen molar-refractivity contribution >= 4 is 15.8 Å². The van der Waals surface area contributed by atoms with Gasteiger partial charge in [0.2, 0.25) is 10.0 Å². The number of nitrogens with two attached hydrogens (primary N) is 1. The zero-order valence-corrected chi connectivity index (χ0v) is 11.0. The van der Waals surface area contributed by atoms with Crippen LogP contribution in [0.2, 0.25) is 0 Å². The van der Waals surface area contributed by atoms with Crippen LogP contribution in [0.1, 0.15) is 5.56 Å². The van der Waals surface area contributed by atoms with Crippen molar-refractivity contribution in [2.75, 3.05) is 5.73 Å². The van der Waals surface area contributed by atoms with E-state index in [2.05, 4.69) is 9.71 Å². The highest BCUT2D eigenvalue weighted by atomic mass is 32.2. The predicted octanol–water partition coefficient (Wildman–Crippen LogP) is 1.42. The summed E-state index contributed by atoms with van der Waals surface area (Å²) in [6.45, 7) is -0.317. The lowest BCUT2D eigenvalue weighted by molar-refractivity contribution is 0.562. The minimum atomic E-state index is -3.91. The highest BCUT2D eigenvalue weighted by Gasteiger charge is 2.18. The molecule has 1 heterocycles. The number of halogens is 2. The van der Waals surface area contributed by atoms with Gasteiger partial charge in [0.05, 0.1) is 0 Å². The first kappa shape index (κ1) is 14.4. The third-order valence-corrected chi connectivity index (χ3v) is 4.01. The third kappa shape index (κ3) is 3.09. The summed E-state index contributed by atoms with van der Waals surface area (Å²) < 4.78 is 52.3. The largest absolute Gasteiger partial charge is 0.383 e. The number of nitrogens with one attached hydrogen (secondary N) is 1. The van der Waals surface area contributed by atoms with E-state index in [0.29, 0.717) is 6.07 Å². The summed E-state index contributed by atoms with van der Waals surface area (Å²) in [4.78, 5) is 3.47. The van der Waals surface area contributed by atoms with Gasteiger partial charge in [-0.15, -0.1) is 0 Å². The van der Waals surface area contributed by atoms with Crippen LogP contribution in [-0.2, 0) is 16.6 Å². The van der Waals surface area contributed by atoms with E-state index in [9.17, 15) is 17.2 Å². The van der Waals surface area contributed by atoms with Crippen molar-refractivity contribution in [3.05, 3.63) is 53.7 Å². The standard InChI is InChI=1S/C12H11F2N3O2S/c13-9-4-3-8(10(14)6-9)7-17-20(18,19)11-2-1-5-16-12(11)15/h1-6,17H,7H2,(H2,15,16). The topological polar surface area (TPSA) is 85.1 Å². The molecule has 106 valence electrons. The number of aromatic nitrogens is 1. The summed E-state index contributed by atoms with van der Waals surface area (Å²) in [6.07, 6.45) is 1.36. The SMILES string of the molecule is Nc1ncccc1S(=O)(=O)NCc1ccc(F)cc1F. The molecule has 0 bridgehead atoms. The van der Waals surface area contributed by atoms with Gasteiger partial charge >= 0.3 is 0 Å². The average molecular weight is 299 g/mol. The minimum absolute atomic E-state index is 0.0254. The molecule has 0 atom stereocenters. The van der Waals surface area contributed by atoms with E-state index < -0.39 is 21.7 Å². The maximum atomic E-state index is 13.4. The van der Waals surface area contributed by atoms with Crippen LogP contribution in [0.25, 0.3) is 0 Å². The van der Waals surface area contributed by atoms with Crippen LogP contribution in [0.5, 0.6) is 0 Å². The highest BCUT2D eigenvalue weighted by molar-refractivity contribution is 7.89. The summed E-state index contributed by atoms with van der Waals surface area (Å²) in [5, 5.41) is 0. The fourth-order valence-corrected chi connectivity index (χ4v) is 2.63. The lowest BCUT2D eigenvalue weighted by Crippen LogP contribution is -2.25. The maximum Gasteiger partial charge on any atom is 0.244 e. The first-order chi connectivity index (χ1) is 9.40. The van der Waals surface area contributed by atoms with Crippen LogP contribution >= 0.6 is 0 Å². The van der Waals surface area contributed by atoms with Crippen LogP contribution in [-0.4, -0.2) is 13.4 Å². The molecule has 3 N–H and O–H groups in total. The Labute approximate surface area is 114 Å². The number of sulfonamides is 1. The molecule has 5 nitrogen and oxygen atoms in total. The first-order valence-electron chi connectivity index (χ1n) is 5.54. The van der Waals surface area contributed by atoms with Gasteiger partial charge in [0.25, 0.3) is 0 Å². The number of rotatable bonds is 4. The van der Waals surface area contributed by atoms with E-state index in [0.717, 1.165) is 6.07 Å². The Bertz CT molecular complexity index is 735. The van der Waals surface area contributed by atoms with Crippen molar-refractivity contribution < 1.29 is 17.2 Å². The van der Waals surface area contributed by atoms with Gasteiger partial charge in [0, 0.05) is 24.4 Å². The normalized spacial score (nSPS) is 11.5. The molecule has 0 aliphatic carbocycles. The van der Waals surface area contributed by atoms with Crippen LogP contribution in [0.15, 0.2) is 41.4 Å². The number of anilines is 1. The van der Waals surface area contributed by atoms with E-state index in [1.807, 2.05) is 0 Å². The van der Waals surface area contributed by atoms with Crippen molar-refractivity contribution in [2.45, 2.75) is 11.4 Å². The Morgan fingerprint density at radius 2 is 2.00 bits per heavy atom. The molecular weight excluding hydrogens is 288 g/mol. The van der Waals surface area contributed by atoms with Gasteiger partial charge in [-0.25, -0.2) is 26.9 Å². The summed E-state index contributed by atoms with van der Waals surface area (Å²) >= 11 is 0. The molecule has 0 fully saturated rings. The quantitative estimate of drug-likeness (QED) is 0.894.